The molecule has 0 aromatic rings. The van der Waals surface area contributed by atoms with E-state index >= 15 is 0 Å². The van der Waals surface area contributed by atoms with Crippen molar-refractivity contribution in [1.82, 2.24) is 4.90 Å². The van der Waals surface area contributed by atoms with Crippen molar-refractivity contribution in [3.05, 3.63) is 0 Å². The highest BCUT2D eigenvalue weighted by atomic mass is 16.5. The Morgan fingerprint density at radius 2 is 1.50 bits per heavy atom. The summed E-state index contributed by atoms with van der Waals surface area (Å²) < 4.78 is 10.5. The first-order valence-corrected chi connectivity index (χ1v) is 6.62. The van der Waals surface area contributed by atoms with Crippen molar-refractivity contribution < 1.29 is 9.47 Å². The molecule has 16 heavy (non-hydrogen) atoms. The molecule has 1 fully saturated rings. The number of hydrogen-bond donors (Lipinski definition) is 0. The molecule has 0 amide bonds. The highest BCUT2D eigenvalue weighted by Gasteiger charge is 2.16. The molecule has 100 valence electrons. The van der Waals surface area contributed by atoms with Crippen molar-refractivity contribution in [2.45, 2.75) is 46.6 Å². The zero-order valence-electron chi connectivity index (χ0n) is 12.1. The highest BCUT2D eigenvalue weighted by Crippen LogP contribution is 2.11. The van der Waals surface area contributed by atoms with Crippen LogP contribution in [0, 0.1) is 0 Å². The van der Waals surface area contributed by atoms with E-state index in [1.165, 1.54) is 12.8 Å². The first kappa shape index (κ1) is 18.3. The monoisotopic (exact) mass is 233 g/mol. The largest absolute Gasteiger partial charge is 0.382 e. The van der Waals surface area contributed by atoms with Gasteiger partial charge in [-0.1, -0.05) is 27.7 Å². The second-order valence-electron chi connectivity index (χ2n) is 3.37. The Balaban J connectivity index is 0. The minimum absolute atomic E-state index is 0.469. The third kappa shape index (κ3) is 10.4. The lowest BCUT2D eigenvalue weighted by molar-refractivity contribution is -0.0111. The molecule has 0 bridgehead atoms. The first-order chi connectivity index (χ1) is 7.83. The number of piperidine rings is 1. The summed E-state index contributed by atoms with van der Waals surface area (Å²) in [5.74, 6) is 0. The predicted molar refractivity (Wildman–Crippen MR) is 71.0 cm³/mol. The zero-order chi connectivity index (χ0) is 12.8. The number of methoxy groups -OCH3 is 1. The van der Waals surface area contributed by atoms with Crippen LogP contribution in [-0.2, 0) is 9.47 Å². The van der Waals surface area contributed by atoms with E-state index in [0.717, 1.165) is 19.7 Å². The maximum Gasteiger partial charge on any atom is 0.0704 e. The number of rotatable bonds is 4. The van der Waals surface area contributed by atoms with Crippen LogP contribution >= 0.6 is 0 Å². The lowest BCUT2D eigenvalue weighted by atomic mass is 10.1. The Hall–Kier alpha value is -0.120. The van der Waals surface area contributed by atoms with Crippen LogP contribution in [0.3, 0.4) is 0 Å². The lowest BCUT2D eigenvalue weighted by Crippen LogP contribution is -2.34. The zero-order valence-corrected chi connectivity index (χ0v) is 12.1. The molecule has 1 rings (SSSR count). The molecule has 0 spiro atoms. The quantitative estimate of drug-likeness (QED) is 0.697. The van der Waals surface area contributed by atoms with Gasteiger partial charge in [-0.15, -0.1) is 0 Å². The van der Waals surface area contributed by atoms with E-state index < -0.39 is 0 Å². The van der Waals surface area contributed by atoms with Crippen LogP contribution in [0.25, 0.3) is 0 Å². The number of nitrogens with zero attached hydrogens (tertiary/aromatic N) is 1. The predicted octanol–water partition coefficient (Wildman–Crippen LogP) is 2.80. The van der Waals surface area contributed by atoms with Crippen LogP contribution in [0.5, 0.6) is 0 Å². The van der Waals surface area contributed by atoms with Crippen molar-refractivity contribution in [3.63, 3.8) is 0 Å². The van der Waals surface area contributed by atoms with Crippen LogP contribution in [-0.4, -0.2) is 51.5 Å². The summed E-state index contributed by atoms with van der Waals surface area (Å²) in [7, 11) is 3.86. The van der Waals surface area contributed by atoms with Crippen molar-refractivity contribution in [2.24, 2.45) is 0 Å². The molecule has 0 atom stereocenters. The van der Waals surface area contributed by atoms with E-state index in [4.69, 9.17) is 9.47 Å². The fraction of sp³-hybridized carbons (Fsp3) is 1.00. The highest BCUT2D eigenvalue weighted by molar-refractivity contribution is 4.69. The normalized spacial score (nSPS) is 16.9. The number of likely N-dealkylation sites (tertiary alicyclic amines) is 1. The van der Waals surface area contributed by atoms with Gasteiger partial charge < -0.3 is 14.4 Å². The maximum absolute atomic E-state index is 5.62. The van der Waals surface area contributed by atoms with Gasteiger partial charge >= 0.3 is 0 Å². The van der Waals surface area contributed by atoms with Crippen LogP contribution in [0.4, 0.5) is 0 Å². The third-order valence-corrected chi connectivity index (χ3v) is 2.31. The second kappa shape index (κ2) is 14.9. The molecular weight excluding hydrogens is 202 g/mol. The minimum atomic E-state index is 0.469. The van der Waals surface area contributed by atoms with Crippen LogP contribution in [0.1, 0.15) is 40.5 Å². The molecule has 3 heteroatoms. The van der Waals surface area contributed by atoms with Gasteiger partial charge in [0.25, 0.3) is 0 Å². The van der Waals surface area contributed by atoms with Crippen molar-refractivity contribution in [3.8, 4) is 0 Å². The van der Waals surface area contributed by atoms with Gasteiger partial charge in [-0.25, -0.2) is 0 Å². The smallest absolute Gasteiger partial charge is 0.0704 e. The molecule has 1 saturated heterocycles. The van der Waals surface area contributed by atoms with E-state index in [1.807, 2.05) is 27.7 Å². The summed E-state index contributed by atoms with van der Waals surface area (Å²) >= 11 is 0. The van der Waals surface area contributed by atoms with Gasteiger partial charge in [-0.05, 0) is 19.9 Å². The molecule has 1 heterocycles. The van der Waals surface area contributed by atoms with Gasteiger partial charge in [0.1, 0.15) is 0 Å². The molecular formula is C13H31NO2. The molecule has 0 radical (unpaired) electrons. The van der Waals surface area contributed by atoms with Gasteiger partial charge in [-0.3, -0.25) is 0 Å². The summed E-state index contributed by atoms with van der Waals surface area (Å²) in [4.78, 5) is 2.34. The average Bonchev–Trinajstić information content (AvgIpc) is 2.37. The fourth-order valence-corrected chi connectivity index (χ4v) is 1.45. The number of ether oxygens (including phenoxy) is 2. The molecule has 3 nitrogen and oxygen atoms in total. The van der Waals surface area contributed by atoms with Gasteiger partial charge in [-0.2, -0.15) is 0 Å². The summed E-state index contributed by atoms with van der Waals surface area (Å²) in [6, 6.07) is 0. The fourth-order valence-electron chi connectivity index (χ4n) is 1.45. The van der Waals surface area contributed by atoms with E-state index in [1.54, 1.807) is 7.11 Å². The summed E-state index contributed by atoms with van der Waals surface area (Å²) in [5, 5.41) is 0. The maximum atomic E-state index is 5.62. The van der Waals surface area contributed by atoms with Gasteiger partial charge in [0.2, 0.25) is 0 Å². The topological polar surface area (TPSA) is 21.7 Å². The molecule has 0 aromatic carbocycles. The van der Waals surface area contributed by atoms with Gasteiger partial charge in [0.05, 0.1) is 19.3 Å². The molecule has 0 aromatic heterocycles. The molecule has 0 N–H and O–H groups in total. The Morgan fingerprint density at radius 1 is 1.00 bits per heavy atom. The molecule has 1 aliphatic heterocycles. The Bertz CT molecular complexity index is 113. The minimum Gasteiger partial charge on any atom is -0.382 e. The van der Waals surface area contributed by atoms with Crippen LogP contribution in [0.2, 0.25) is 0 Å². The molecule has 1 aliphatic rings. The van der Waals surface area contributed by atoms with Crippen molar-refractivity contribution >= 4 is 0 Å². The first-order valence-electron chi connectivity index (χ1n) is 6.62. The van der Waals surface area contributed by atoms with Crippen molar-refractivity contribution in [1.29, 1.82) is 0 Å². The summed E-state index contributed by atoms with van der Waals surface area (Å²) in [5.41, 5.74) is 0. The average molecular weight is 233 g/mol. The van der Waals surface area contributed by atoms with Gasteiger partial charge in [0, 0.05) is 20.2 Å². The molecule has 0 aliphatic carbocycles. The molecule has 0 saturated carbocycles. The Kier molecular flexibility index (Phi) is 17.0. The Morgan fingerprint density at radius 3 is 1.94 bits per heavy atom. The van der Waals surface area contributed by atoms with Crippen LogP contribution < -0.4 is 0 Å². The van der Waals surface area contributed by atoms with Gasteiger partial charge in [0.15, 0.2) is 0 Å². The van der Waals surface area contributed by atoms with E-state index in [2.05, 4.69) is 11.9 Å². The van der Waals surface area contributed by atoms with E-state index in [9.17, 15) is 0 Å². The lowest BCUT2D eigenvalue weighted by Gasteiger charge is -2.28. The SMILES string of the molecule is CC.CC.COCCOC1CCN(C)CC1. The van der Waals surface area contributed by atoms with E-state index in [0.29, 0.717) is 12.7 Å². The standard InChI is InChI=1S/C9H19NO2.2C2H6/c1-10-5-3-9(4-6-10)12-8-7-11-2;2*1-2/h9H,3-8H2,1-2H3;2*1-2H3. The Labute approximate surface area is 102 Å². The van der Waals surface area contributed by atoms with E-state index in [-0.39, 0.29) is 0 Å². The van der Waals surface area contributed by atoms with Crippen LogP contribution in [0.15, 0.2) is 0 Å². The molecule has 0 unspecified atom stereocenters. The van der Waals surface area contributed by atoms with Crippen molar-refractivity contribution in [2.75, 3.05) is 40.5 Å². The third-order valence-electron chi connectivity index (χ3n) is 2.31. The summed E-state index contributed by atoms with van der Waals surface area (Å²) in [6.07, 6.45) is 2.80. The number of hydrogen-bond acceptors (Lipinski definition) is 3. The second-order valence-corrected chi connectivity index (χ2v) is 3.37. The summed E-state index contributed by atoms with van der Waals surface area (Å²) in [6.45, 7) is 11.8.